The molecular formula is C23H25Cl2NO8. The van der Waals surface area contributed by atoms with Gasteiger partial charge in [-0.1, -0.05) is 29.3 Å². The number of halogens is 2. The van der Waals surface area contributed by atoms with Gasteiger partial charge in [0.25, 0.3) is 0 Å². The Morgan fingerprint density at radius 2 is 1.91 bits per heavy atom. The average molecular weight is 514 g/mol. The van der Waals surface area contributed by atoms with E-state index in [-0.39, 0.29) is 24.0 Å². The molecule has 11 heteroatoms. The molecule has 2 bridgehead atoms. The first-order valence-corrected chi connectivity index (χ1v) is 12.1. The number of nitrogens with zero attached hydrogens (tertiary/aromatic N) is 1. The van der Waals surface area contributed by atoms with Crippen molar-refractivity contribution in [2.45, 2.75) is 73.8 Å². The van der Waals surface area contributed by atoms with Gasteiger partial charge in [-0.2, -0.15) is 0 Å². The van der Waals surface area contributed by atoms with E-state index in [9.17, 15) is 14.4 Å². The molecule has 34 heavy (non-hydrogen) atoms. The minimum Gasteiger partial charge on any atom is -0.477 e. The molecule has 0 N–H and O–H groups in total. The molecular weight excluding hydrogens is 489 g/mol. The molecule has 2 unspecified atom stereocenters. The number of Topliss-reactive ketones (excluding diaryl/α,β-unsaturated/α-hetero) is 1. The first-order chi connectivity index (χ1) is 16.1. The van der Waals surface area contributed by atoms with E-state index >= 15 is 0 Å². The zero-order chi connectivity index (χ0) is 24.4. The van der Waals surface area contributed by atoms with Crippen LogP contribution in [0.4, 0.5) is 9.59 Å². The molecule has 9 nitrogen and oxygen atoms in total. The lowest BCUT2D eigenvalue weighted by Crippen LogP contribution is -2.77. The van der Waals surface area contributed by atoms with Crippen molar-refractivity contribution >= 4 is 41.2 Å². The van der Waals surface area contributed by atoms with Gasteiger partial charge in [-0.3, -0.25) is 4.79 Å². The molecule has 1 amide bonds. The average Bonchev–Trinajstić information content (AvgIpc) is 3.11. The fourth-order valence-corrected chi connectivity index (χ4v) is 6.61. The second-order valence-corrected chi connectivity index (χ2v) is 10.3. The van der Waals surface area contributed by atoms with E-state index in [4.69, 9.17) is 46.9 Å². The highest BCUT2D eigenvalue weighted by atomic mass is 35.5. The van der Waals surface area contributed by atoms with Gasteiger partial charge in [0.15, 0.2) is 34.5 Å². The van der Waals surface area contributed by atoms with Crippen LogP contribution in [-0.4, -0.2) is 65.5 Å². The van der Waals surface area contributed by atoms with E-state index < -0.39 is 40.5 Å². The molecule has 1 aromatic rings. The van der Waals surface area contributed by atoms with Crippen LogP contribution in [0.15, 0.2) is 12.1 Å². The van der Waals surface area contributed by atoms with Crippen LogP contribution in [0.3, 0.4) is 0 Å². The number of piperidine rings is 1. The monoisotopic (exact) mass is 513 g/mol. The summed E-state index contributed by atoms with van der Waals surface area (Å²) < 4.78 is 28.1. The van der Waals surface area contributed by atoms with E-state index in [1.54, 1.807) is 25.0 Å². The molecule has 4 aliphatic rings. The summed E-state index contributed by atoms with van der Waals surface area (Å²) in [4.78, 5) is 39.9. The number of likely N-dealkylation sites (tertiary alicyclic amines) is 1. The Balaban J connectivity index is 1.64. The molecule has 0 radical (unpaired) electrons. The highest BCUT2D eigenvalue weighted by Gasteiger charge is 2.74. The molecule has 2 fully saturated rings. The fraction of sp³-hybridized carbons (Fsp3) is 0.609. The summed E-state index contributed by atoms with van der Waals surface area (Å²) in [6.45, 7) is 3.41. The maximum atomic E-state index is 13.2. The Bertz CT molecular complexity index is 1060. The highest BCUT2D eigenvalue weighted by Crippen LogP contribution is 2.66. The van der Waals surface area contributed by atoms with E-state index in [0.29, 0.717) is 31.6 Å². The van der Waals surface area contributed by atoms with Crippen LogP contribution in [0, 0.1) is 0 Å². The van der Waals surface area contributed by atoms with Gasteiger partial charge in [-0.15, -0.1) is 0 Å². The third-order valence-corrected chi connectivity index (χ3v) is 7.69. The van der Waals surface area contributed by atoms with Gasteiger partial charge in [0, 0.05) is 25.6 Å². The van der Waals surface area contributed by atoms with Gasteiger partial charge in [0.2, 0.25) is 0 Å². The zero-order valence-electron chi connectivity index (χ0n) is 19.0. The minimum absolute atomic E-state index is 0.0520. The van der Waals surface area contributed by atoms with Crippen LogP contribution in [0.25, 0.3) is 0 Å². The Morgan fingerprint density at radius 3 is 2.59 bits per heavy atom. The van der Waals surface area contributed by atoms with E-state index in [0.717, 1.165) is 11.1 Å². The van der Waals surface area contributed by atoms with Crippen LogP contribution in [0.2, 0.25) is 0 Å². The third-order valence-electron chi connectivity index (χ3n) is 7.52. The lowest BCUT2D eigenvalue weighted by atomic mass is 9.49. The van der Waals surface area contributed by atoms with Gasteiger partial charge >= 0.3 is 12.2 Å². The van der Waals surface area contributed by atoms with Gasteiger partial charge in [-0.25, -0.2) is 9.59 Å². The summed E-state index contributed by atoms with van der Waals surface area (Å²) in [7, 11) is 1.60. The fourth-order valence-electron chi connectivity index (χ4n) is 6.46. The molecule has 6 atom stereocenters. The van der Waals surface area contributed by atoms with Crippen LogP contribution in [0.1, 0.15) is 44.2 Å². The second kappa shape index (κ2) is 8.17. The molecule has 0 aromatic heterocycles. The van der Waals surface area contributed by atoms with Gasteiger partial charge in [0.05, 0.1) is 11.5 Å². The number of benzene rings is 1. The van der Waals surface area contributed by atoms with Crippen molar-refractivity contribution in [1.29, 1.82) is 0 Å². The third kappa shape index (κ3) is 3.13. The lowest BCUT2D eigenvalue weighted by molar-refractivity contribution is -0.196. The van der Waals surface area contributed by atoms with Crippen LogP contribution in [-0.2, 0) is 30.8 Å². The van der Waals surface area contributed by atoms with Crippen molar-refractivity contribution in [2.75, 3.05) is 13.7 Å². The maximum absolute atomic E-state index is 13.2. The molecule has 5 rings (SSSR count). The van der Waals surface area contributed by atoms with Crippen molar-refractivity contribution in [3.05, 3.63) is 23.3 Å². The Hall–Kier alpha value is -2.23. The molecule has 1 saturated carbocycles. The van der Waals surface area contributed by atoms with Gasteiger partial charge in [-0.05, 0) is 44.7 Å². The molecule has 1 aromatic carbocycles. The number of alkyl halides is 2. The molecule has 1 saturated heterocycles. The Kier molecular flexibility index (Phi) is 5.65. The SMILES string of the molecule is CO[C@@]12CCC(=O)[C@@H]3Oc4c(OC(=O)OC(C)Cl)ccc5c4[C@@]31CCN(C(=O)OC(C)Cl)[C@@H]2C5. The van der Waals surface area contributed by atoms with Crippen molar-refractivity contribution in [3.63, 3.8) is 0 Å². The summed E-state index contributed by atoms with van der Waals surface area (Å²) in [5.74, 6) is 0.435. The number of amides is 1. The second-order valence-electron chi connectivity index (χ2n) is 9.06. The predicted molar refractivity (Wildman–Crippen MR) is 120 cm³/mol. The summed E-state index contributed by atoms with van der Waals surface area (Å²) >= 11 is 11.7. The van der Waals surface area contributed by atoms with Crippen molar-refractivity contribution < 1.29 is 38.1 Å². The van der Waals surface area contributed by atoms with Crippen molar-refractivity contribution in [1.82, 2.24) is 4.90 Å². The number of methoxy groups -OCH3 is 1. The Morgan fingerprint density at radius 1 is 1.18 bits per heavy atom. The van der Waals surface area contributed by atoms with Gasteiger partial charge < -0.3 is 28.6 Å². The summed E-state index contributed by atoms with van der Waals surface area (Å²) in [5, 5.41) is 0. The minimum atomic E-state index is -0.972. The maximum Gasteiger partial charge on any atom is 0.515 e. The number of carbonyl (C=O) groups is 3. The topological polar surface area (TPSA) is 101 Å². The largest absolute Gasteiger partial charge is 0.515 e. The first-order valence-electron chi connectivity index (χ1n) is 11.2. The number of ketones is 1. The first kappa shape index (κ1) is 23.5. The number of rotatable bonds is 4. The number of carbonyl (C=O) groups excluding carboxylic acids is 3. The van der Waals surface area contributed by atoms with E-state index in [1.165, 1.54) is 6.92 Å². The number of ether oxygens (including phenoxy) is 5. The molecule has 184 valence electrons. The van der Waals surface area contributed by atoms with Crippen LogP contribution in [0.5, 0.6) is 11.5 Å². The van der Waals surface area contributed by atoms with E-state index in [1.807, 2.05) is 6.07 Å². The predicted octanol–water partition coefficient (Wildman–Crippen LogP) is 3.89. The van der Waals surface area contributed by atoms with Crippen LogP contribution < -0.4 is 9.47 Å². The lowest BCUT2D eigenvalue weighted by Gasteiger charge is -2.63. The standard InChI is InChI=1S/C23H25Cl2NO8/c1-11(24)31-20(28)26-9-8-22-17-13-4-5-15(33-21(29)32-12(2)25)18(17)34-19(22)14(27)6-7-23(22,30-3)16(26)10-13/h4-5,11-12,16,19H,6-10H2,1-3H3/t11?,12?,16-,19+,22+,23-/m1/s1. The molecule has 1 spiro atoms. The van der Waals surface area contributed by atoms with Crippen molar-refractivity contribution in [2.24, 2.45) is 0 Å². The smallest absolute Gasteiger partial charge is 0.477 e. The quantitative estimate of drug-likeness (QED) is 0.339. The molecule has 2 aliphatic carbocycles. The van der Waals surface area contributed by atoms with Gasteiger partial charge in [0.1, 0.15) is 5.60 Å². The van der Waals surface area contributed by atoms with Crippen molar-refractivity contribution in [3.8, 4) is 11.5 Å². The summed E-state index contributed by atoms with van der Waals surface area (Å²) in [6.07, 6.45) is -0.799. The van der Waals surface area contributed by atoms with E-state index in [2.05, 4.69) is 0 Å². The molecule has 2 heterocycles. The molecule has 2 aliphatic heterocycles. The zero-order valence-corrected chi connectivity index (χ0v) is 20.5. The Labute approximate surface area is 206 Å². The summed E-state index contributed by atoms with van der Waals surface area (Å²) in [6, 6.07) is 3.04. The highest BCUT2D eigenvalue weighted by molar-refractivity contribution is 6.20. The number of hydrogen-bond donors (Lipinski definition) is 0. The van der Waals surface area contributed by atoms with Crippen LogP contribution >= 0.6 is 23.2 Å². The normalized spacial score (nSPS) is 32.3. The number of hydrogen-bond acceptors (Lipinski definition) is 8. The summed E-state index contributed by atoms with van der Waals surface area (Å²) in [5.41, 5.74) is -1.68.